The number of amides is 1. The van der Waals surface area contributed by atoms with Crippen LogP contribution >= 0.6 is 15.9 Å². The van der Waals surface area contributed by atoms with Gasteiger partial charge in [-0.05, 0) is 31.6 Å². The van der Waals surface area contributed by atoms with Crippen molar-refractivity contribution in [2.24, 2.45) is 11.8 Å². The highest BCUT2D eigenvalue weighted by Gasteiger charge is 2.31. The fourth-order valence-corrected chi connectivity index (χ4v) is 3.64. The minimum absolute atomic E-state index is 0.190. The molecule has 0 radical (unpaired) electrons. The topological polar surface area (TPSA) is 38.3 Å². The van der Waals surface area contributed by atoms with Gasteiger partial charge in [-0.2, -0.15) is 0 Å². The van der Waals surface area contributed by atoms with E-state index in [-0.39, 0.29) is 5.91 Å². The van der Waals surface area contributed by atoms with Crippen molar-refractivity contribution in [2.75, 3.05) is 13.2 Å². The van der Waals surface area contributed by atoms with Crippen molar-refractivity contribution >= 4 is 21.8 Å². The van der Waals surface area contributed by atoms with Crippen LogP contribution in [0.15, 0.2) is 0 Å². The lowest BCUT2D eigenvalue weighted by atomic mass is 9.80. The zero-order valence-electron chi connectivity index (χ0n) is 12.5. The summed E-state index contributed by atoms with van der Waals surface area (Å²) in [5.74, 6) is 1.36. The van der Waals surface area contributed by atoms with Crippen molar-refractivity contribution in [1.29, 1.82) is 0 Å². The molecule has 19 heavy (non-hydrogen) atoms. The van der Waals surface area contributed by atoms with Crippen molar-refractivity contribution in [1.82, 2.24) is 5.32 Å². The molecule has 3 nitrogen and oxygen atoms in total. The molecule has 0 aromatic rings. The minimum Gasteiger partial charge on any atom is -0.378 e. The molecule has 1 aliphatic carbocycles. The van der Waals surface area contributed by atoms with E-state index in [4.69, 9.17) is 4.74 Å². The third-order valence-corrected chi connectivity index (χ3v) is 5.19. The quantitative estimate of drug-likeness (QED) is 0.656. The number of alkyl halides is 1. The van der Waals surface area contributed by atoms with Crippen molar-refractivity contribution in [2.45, 2.75) is 63.8 Å². The molecule has 0 bridgehead atoms. The molecule has 1 atom stereocenters. The number of nitrogens with one attached hydrogen (secondary N) is 1. The van der Waals surface area contributed by atoms with Crippen LogP contribution in [0.5, 0.6) is 0 Å². The van der Waals surface area contributed by atoms with Crippen LogP contribution in [0.2, 0.25) is 0 Å². The summed E-state index contributed by atoms with van der Waals surface area (Å²) < 4.78 is 5.51. The standard InChI is InChI=1S/C15H28BrNO2/c1-4-12(5-2)14(16)10-17-15(18)9-11-7-13(8-11)19-6-3/h11-14H,4-10H2,1-3H3,(H,17,18). The molecule has 0 aromatic heterocycles. The maximum Gasteiger partial charge on any atom is 0.220 e. The molecule has 1 aliphatic rings. The first-order valence-electron chi connectivity index (χ1n) is 7.62. The first kappa shape index (κ1) is 17.0. The van der Waals surface area contributed by atoms with E-state index in [0.29, 0.717) is 29.2 Å². The van der Waals surface area contributed by atoms with Crippen LogP contribution in [0.3, 0.4) is 0 Å². The van der Waals surface area contributed by atoms with Gasteiger partial charge >= 0.3 is 0 Å². The third-order valence-electron chi connectivity index (χ3n) is 4.12. The molecule has 1 saturated carbocycles. The van der Waals surface area contributed by atoms with Crippen LogP contribution < -0.4 is 5.32 Å². The highest BCUT2D eigenvalue weighted by molar-refractivity contribution is 9.09. The minimum atomic E-state index is 0.190. The molecule has 4 heteroatoms. The third kappa shape index (κ3) is 5.82. The van der Waals surface area contributed by atoms with E-state index in [1.54, 1.807) is 0 Å². The second-order valence-corrected chi connectivity index (χ2v) is 6.69. The Bertz CT molecular complexity index is 263. The van der Waals surface area contributed by atoms with E-state index in [9.17, 15) is 4.79 Å². The SMILES string of the molecule is CCOC1CC(CC(=O)NCC(Br)C(CC)CC)C1. The van der Waals surface area contributed by atoms with Crippen molar-refractivity contribution in [3.05, 3.63) is 0 Å². The summed E-state index contributed by atoms with van der Waals surface area (Å²) in [6.07, 6.45) is 5.46. The number of ether oxygens (including phenoxy) is 1. The van der Waals surface area contributed by atoms with Crippen molar-refractivity contribution in [3.8, 4) is 0 Å². The van der Waals surface area contributed by atoms with Crippen molar-refractivity contribution < 1.29 is 9.53 Å². The van der Waals surface area contributed by atoms with E-state index in [1.165, 1.54) is 0 Å². The molecule has 0 saturated heterocycles. The lowest BCUT2D eigenvalue weighted by Gasteiger charge is -2.34. The fourth-order valence-electron chi connectivity index (χ4n) is 2.73. The monoisotopic (exact) mass is 333 g/mol. The average molecular weight is 334 g/mol. The Morgan fingerprint density at radius 3 is 2.47 bits per heavy atom. The second-order valence-electron chi connectivity index (χ2n) is 5.52. The molecule has 0 spiro atoms. The van der Waals surface area contributed by atoms with Crippen LogP contribution in [0.1, 0.15) is 52.9 Å². The van der Waals surface area contributed by atoms with E-state index in [0.717, 1.165) is 38.8 Å². The largest absolute Gasteiger partial charge is 0.378 e. The summed E-state index contributed by atoms with van der Waals surface area (Å²) in [5.41, 5.74) is 0. The van der Waals surface area contributed by atoms with Gasteiger partial charge in [0.1, 0.15) is 0 Å². The Hall–Kier alpha value is -0.0900. The maximum absolute atomic E-state index is 11.8. The van der Waals surface area contributed by atoms with E-state index in [2.05, 4.69) is 35.1 Å². The van der Waals surface area contributed by atoms with Crippen LogP contribution in [0, 0.1) is 11.8 Å². The summed E-state index contributed by atoms with van der Waals surface area (Å²) in [4.78, 5) is 12.2. The average Bonchev–Trinajstić information content (AvgIpc) is 2.35. The highest BCUT2D eigenvalue weighted by Crippen LogP contribution is 2.32. The Balaban J connectivity index is 2.12. The van der Waals surface area contributed by atoms with Gasteiger partial charge in [-0.3, -0.25) is 4.79 Å². The predicted octanol–water partition coefficient (Wildman–Crippen LogP) is 3.51. The Labute approximate surface area is 126 Å². The van der Waals surface area contributed by atoms with Crippen LogP contribution in [-0.4, -0.2) is 30.0 Å². The van der Waals surface area contributed by atoms with Crippen LogP contribution in [0.4, 0.5) is 0 Å². The number of carbonyl (C=O) groups excluding carboxylic acids is 1. The number of halogens is 1. The van der Waals surface area contributed by atoms with Gasteiger partial charge in [0.2, 0.25) is 5.91 Å². The van der Waals surface area contributed by atoms with Gasteiger partial charge in [0.25, 0.3) is 0 Å². The molecule has 1 N–H and O–H groups in total. The molecule has 1 fully saturated rings. The second kappa shape index (κ2) is 8.96. The first-order valence-corrected chi connectivity index (χ1v) is 8.54. The summed E-state index contributed by atoms with van der Waals surface area (Å²) in [6, 6.07) is 0. The van der Waals surface area contributed by atoms with Gasteiger partial charge in [-0.1, -0.05) is 42.6 Å². The van der Waals surface area contributed by atoms with Gasteiger partial charge in [-0.25, -0.2) is 0 Å². The van der Waals surface area contributed by atoms with E-state index in [1.807, 2.05) is 6.92 Å². The Morgan fingerprint density at radius 1 is 1.32 bits per heavy atom. The fraction of sp³-hybridized carbons (Fsp3) is 0.933. The first-order chi connectivity index (χ1) is 9.10. The van der Waals surface area contributed by atoms with E-state index < -0.39 is 0 Å². The number of rotatable bonds is 9. The van der Waals surface area contributed by atoms with Gasteiger partial charge in [0, 0.05) is 24.4 Å². The zero-order chi connectivity index (χ0) is 14.3. The number of hydrogen-bond acceptors (Lipinski definition) is 2. The number of hydrogen-bond donors (Lipinski definition) is 1. The molecule has 0 aliphatic heterocycles. The molecule has 112 valence electrons. The Kier molecular flexibility index (Phi) is 8.00. The molecule has 1 rings (SSSR count). The zero-order valence-corrected chi connectivity index (χ0v) is 14.0. The lowest BCUT2D eigenvalue weighted by molar-refractivity contribution is -0.124. The van der Waals surface area contributed by atoms with Crippen LogP contribution in [-0.2, 0) is 9.53 Å². The molecule has 0 heterocycles. The van der Waals surface area contributed by atoms with Gasteiger partial charge < -0.3 is 10.1 Å². The molecule has 0 aromatic carbocycles. The number of carbonyl (C=O) groups is 1. The molecule has 1 unspecified atom stereocenters. The van der Waals surface area contributed by atoms with Gasteiger partial charge in [0.05, 0.1) is 6.10 Å². The van der Waals surface area contributed by atoms with E-state index >= 15 is 0 Å². The predicted molar refractivity (Wildman–Crippen MR) is 82.6 cm³/mol. The summed E-state index contributed by atoms with van der Waals surface area (Å²) in [7, 11) is 0. The van der Waals surface area contributed by atoms with Gasteiger partial charge in [0.15, 0.2) is 0 Å². The van der Waals surface area contributed by atoms with Crippen molar-refractivity contribution in [3.63, 3.8) is 0 Å². The molecular formula is C15H28BrNO2. The Morgan fingerprint density at radius 2 is 1.95 bits per heavy atom. The summed E-state index contributed by atoms with van der Waals surface area (Å²) >= 11 is 3.69. The molecule has 1 amide bonds. The summed E-state index contributed by atoms with van der Waals surface area (Å²) in [6.45, 7) is 7.95. The molecular weight excluding hydrogens is 306 g/mol. The van der Waals surface area contributed by atoms with Gasteiger partial charge in [-0.15, -0.1) is 0 Å². The maximum atomic E-state index is 11.8. The van der Waals surface area contributed by atoms with Crippen LogP contribution in [0.25, 0.3) is 0 Å². The highest BCUT2D eigenvalue weighted by atomic mass is 79.9. The lowest BCUT2D eigenvalue weighted by Crippen LogP contribution is -2.38. The normalized spacial score (nSPS) is 24.1. The smallest absolute Gasteiger partial charge is 0.220 e. The summed E-state index contributed by atoms with van der Waals surface area (Å²) in [5, 5.41) is 3.05.